The number of phenolic OH excluding ortho intramolecular Hbond substituents is 1. The number of aryl methyl sites for hydroxylation is 1. The summed E-state index contributed by atoms with van der Waals surface area (Å²) in [7, 11) is 0. The van der Waals surface area contributed by atoms with Gasteiger partial charge in [0.25, 0.3) is 5.91 Å². The van der Waals surface area contributed by atoms with Gasteiger partial charge in [-0.25, -0.2) is 0 Å². The van der Waals surface area contributed by atoms with Crippen molar-refractivity contribution in [1.82, 2.24) is 5.32 Å². The Morgan fingerprint density at radius 3 is 2.88 bits per heavy atom. The number of amides is 1. The molecule has 25 heavy (non-hydrogen) atoms. The van der Waals surface area contributed by atoms with E-state index in [9.17, 15) is 15.0 Å². The number of furan rings is 1. The average Bonchev–Trinajstić information content (AvgIpc) is 3.00. The van der Waals surface area contributed by atoms with E-state index in [-0.39, 0.29) is 30.1 Å². The van der Waals surface area contributed by atoms with Crippen LogP contribution in [-0.4, -0.2) is 22.2 Å². The van der Waals surface area contributed by atoms with Crippen LogP contribution in [0.4, 0.5) is 0 Å². The standard InChI is InChI=1S/C20H19NO4/c22-11-17-16-3-1-2-4-18(16)25-19(17)20(24)21-14-7-5-13-10-15(23)8-6-12(13)9-14/h1-4,6,8,10,14,22-23H,5,7,9,11H2,(H,21,24). The normalized spacial score (nSPS) is 16.6. The topological polar surface area (TPSA) is 82.7 Å². The zero-order chi connectivity index (χ0) is 17.4. The molecule has 0 bridgehead atoms. The average molecular weight is 337 g/mol. The molecule has 0 radical (unpaired) electrons. The van der Waals surface area contributed by atoms with Crippen molar-refractivity contribution in [2.75, 3.05) is 0 Å². The van der Waals surface area contributed by atoms with Gasteiger partial charge < -0.3 is 19.9 Å². The van der Waals surface area contributed by atoms with E-state index in [0.717, 1.165) is 35.8 Å². The molecule has 1 amide bonds. The number of rotatable bonds is 3. The summed E-state index contributed by atoms with van der Waals surface area (Å²) in [5.41, 5.74) is 3.39. The molecule has 1 aromatic heterocycles. The molecule has 1 aliphatic rings. The van der Waals surface area contributed by atoms with E-state index in [1.807, 2.05) is 24.3 Å². The molecule has 1 heterocycles. The van der Waals surface area contributed by atoms with Crippen LogP contribution in [0.2, 0.25) is 0 Å². The third kappa shape index (κ3) is 2.87. The fourth-order valence-electron chi connectivity index (χ4n) is 3.55. The molecule has 0 fully saturated rings. The summed E-state index contributed by atoms with van der Waals surface area (Å²) < 4.78 is 5.67. The van der Waals surface area contributed by atoms with Crippen LogP contribution >= 0.6 is 0 Å². The quantitative estimate of drug-likeness (QED) is 0.686. The fourth-order valence-corrected chi connectivity index (χ4v) is 3.55. The first kappa shape index (κ1) is 15.7. The Bertz CT molecular complexity index is 944. The van der Waals surface area contributed by atoms with E-state index in [4.69, 9.17) is 4.42 Å². The van der Waals surface area contributed by atoms with E-state index in [1.165, 1.54) is 0 Å². The first-order valence-corrected chi connectivity index (χ1v) is 8.38. The van der Waals surface area contributed by atoms with Crippen LogP contribution in [0.25, 0.3) is 11.0 Å². The molecule has 1 unspecified atom stereocenters. The molecule has 5 heteroatoms. The Morgan fingerprint density at radius 1 is 1.20 bits per heavy atom. The highest BCUT2D eigenvalue weighted by atomic mass is 16.3. The van der Waals surface area contributed by atoms with Crippen molar-refractivity contribution in [1.29, 1.82) is 0 Å². The van der Waals surface area contributed by atoms with Crippen LogP contribution < -0.4 is 5.32 Å². The van der Waals surface area contributed by atoms with Gasteiger partial charge >= 0.3 is 0 Å². The number of aliphatic hydroxyl groups is 1. The smallest absolute Gasteiger partial charge is 0.287 e. The van der Waals surface area contributed by atoms with Crippen molar-refractivity contribution in [2.24, 2.45) is 0 Å². The highest BCUT2D eigenvalue weighted by Gasteiger charge is 2.25. The van der Waals surface area contributed by atoms with Gasteiger partial charge in [0, 0.05) is 17.0 Å². The maximum absolute atomic E-state index is 12.7. The number of aliphatic hydroxyl groups excluding tert-OH is 1. The Balaban J connectivity index is 1.56. The summed E-state index contributed by atoms with van der Waals surface area (Å²) in [6.45, 7) is -0.244. The lowest BCUT2D eigenvalue weighted by Gasteiger charge is -2.25. The van der Waals surface area contributed by atoms with Crippen LogP contribution in [0, 0.1) is 0 Å². The summed E-state index contributed by atoms with van der Waals surface area (Å²) in [5, 5.41) is 23.0. The number of hydrogen-bond acceptors (Lipinski definition) is 4. The number of carbonyl (C=O) groups is 1. The fraction of sp³-hybridized carbons (Fsp3) is 0.250. The van der Waals surface area contributed by atoms with Gasteiger partial charge in [-0.3, -0.25) is 4.79 Å². The summed E-state index contributed by atoms with van der Waals surface area (Å²) in [6, 6.07) is 12.7. The molecule has 1 aliphatic carbocycles. The van der Waals surface area contributed by atoms with Gasteiger partial charge in [0.2, 0.25) is 0 Å². The van der Waals surface area contributed by atoms with Crippen molar-refractivity contribution in [3.05, 3.63) is 64.9 Å². The Labute approximate surface area is 144 Å². The summed E-state index contributed by atoms with van der Waals surface area (Å²) >= 11 is 0. The molecule has 2 aromatic carbocycles. The zero-order valence-electron chi connectivity index (χ0n) is 13.7. The lowest BCUT2D eigenvalue weighted by molar-refractivity contribution is 0.0903. The predicted molar refractivity (Wildman–Crippen MR) is 93.5 cm³/mol. The molecule has 0 saturated heterocycles. The molecule has 0 aliphatic heterocycles. The molecule has 128 valence electrons. The van der Waals surface area contributed by atoms with Crippen LogP contribution in [0.5, 0.6) is 5.75 Å². The first-order valence-electron chi connectivity index (χ1n) is 8.38. The van der Waals surface area contributed by atoms with E-state index < -0.39 is 0 Å². The van der Waals surface area contributed by atoms with Gasteiger partial charge in [-0.2, -0.15) is 0 Å². The highest BCUT2D eigenvalue weighted by Crippen LogP contribution is 2.28. The van der Waals surface area contributed by atoms with Crippen molar-refractivity contribution in [3.63, 3.8) is 0 Å². The monoisotopic (exact) mass is 337 g/mol. The number of hydrogen-bond donors (Lipinski definition) is 3. The second kappa shape index (κ2) is 6.26. The SMILES string of the molecule is O=C(NC1CCc2cc(O)ccc2C1)c1oc2ccccc2c1CO. The van der Waals surface area contributed by atoms with Crippen molar-refractivity contribution in [3.8, 4) is 5.75 Å². The molecule has 1 atom stereocenters. The van der Waals surface area contributed by atoms with Gasteiger partial charge in [-0.15, -0.1) is 0 Å². The van der Waals surface area contributed by atoms with Crippen LogP contribution in [-0.2, 0) is 19.4 Å². The molecule has 3 aromatic rings. The summed E-state index contributed by atoms with van der Waals surface area (Å²) in [6.07, 6.45) is 2.33. The number of benzene rings is 2. The molecule has 0 spiro atoms. The number of para-hydroxylation sites is 1. The van der Waals surface area contributed by atoms with Gasteiger partial charge in [0.05, 0.1) is 6.61 Å². The maximum Gasteiger partial charge on any atom is 0.287 e. The van der Waals surface area contributed by atoms with Gasteiger partial charge in [0.1, 0.15) is 11.3 Å². The molecular formula is C20H19NO4. The largest absolute Gasteiger partial charge is 0.508 e. The Kier molecular flexibility index (Phi) is 3.93. The van der Waals surface area contributed by atoms with E-state index in [2.05, 4.69) is 5.32 Å². The third-order valence-corrected chi connectivity index (χ3v) is 4.82. The second-order valence-electron chi connectivity index (χ2n) is 6.43. The molecule has 4 rings (SSSR count). The molecule has 5 nitrogen and oxygen atoms in total. The number of aromatic hydroxyl groups is 1. The predicted octanol–water partition coefficient (Wildman–Crippen LogP) is 2.92. The Hall–Kier alpha value is -2.79. The summed E-state index contributed by atoms with van der Waals surface area (Å²) in [4.78, 5) is 12.7. The first-order chi connectivity index (χ1) is 12.2. The van der Waals surface area contributed by atoms with E-state index >= 15 is 0 Å². The van der Waals surface area contributed by atoms with Gasteiger partial charge in [0.15, 0.2) is 5.76 Å². The van der Waals surface area contributed by atoms with Crippen molar-refractivity contribution >= 4 is 16.9 Å². The lowest BCUT2D eigenvalue weighted by atomic mass is 9.88. The van der Waals surface area contributed by atoms with E-state index in [1.54, 1.807) is 18.2 Å². The minimum atomic E-state index is -0.299. The second-order valence-corrected chi connectivity index (χ2v) is 6.43. The summed E-state index contributed by atoms with van der Waals surface area (Å²) in [5.74, 6) is 0.156. The Morgan fingerprint density at radius 2 is 2.04 bits per heavy atom. The van der Waals surface area contributed by atoms with Crippen LogP contribution in [0.1, 0.15) is 33.7 Å². The highest BCUT2D eigenvalue weighted by molar-refractivity contribution is 5.99. The zero-order valence-corrected chi connectivity index (χ0v) is 13.7. The minimum absolute atomic E-state index is 0.00398. The van der Waals surface area contributed by atoms with Crippen LogP contribution in [0.15, 0.2) is 46.9 Å². The third-order valence-electron chi connectivity index (χ3n) is 4.82. The van der Waals surface area contributed by atoms with E-state index in [0.29, 0.717) is 11.1 Å². The minimum Gasteiger partial charge on any atom is -0.508 e. The number of fused-ring (bicyclic) bond motifs is 2. The molecular weight excluding hydrogens is 318 g/mol. The van der Waals surface area contributed by atoms with Crippen molar-refractivity contribution in [2.45, 2.75) is 31.9 Å². The number of nitrogens with one attached hydrogen (secondary N) is 1. The van der Waals surface area contributed by atoms with Gasteiger partial charge in [-0.1, -0.05) is 24.3 Å². The van der Waals surface area contributed by atoms with Crippen molar-refractivity contribution < 1.29 is 19.4 Å². The lowest BCUT2D eigenvalue weighted by Crippen LogP contribution is -2.39. The molecule has 0 saturated carbocycles. The molecule has 3 N–H and O–H groups in total. The number of phenols is 1. The van der Waals surface area contributed by atoms with Gasteiger partial charge in [-0.05, 0) is 48.6 Å². The number of carbonyl (C=O) groups excluding carboxylic acids is 1. The maximum atomic E-state index is 12.7. The van der Waals surface area contributed by atoms with Crippen LogP contribution in [0.3, 0.4) is 0 Å².